The number of anilines is 1. The second-order valence-electron chi connectivity index (χ2n) is 6.35. The highest BCUT2D eigenvalue weighted by Crippen LogP contribution is 2.28. The number of aryl methyl sites for hydroxylation is 1. The van der Waals surface area contributed by atoms with Crippen LogP contribution in [0.3, 0.4) is 0 Å². The molecular weight excluding hydrogens is 380 g/mol. The average Bonchev–Trinajstić information content (AvgIpc) is 3.25. The van der Waals surface area contributed by atoms with E-state index >= 15 is 0 Å². The van der Waals surface area contributed by atoms with E-state index in [4.69, 9.17) is 0 Å². The first-order valence-corrected chi connectivity index (χ1v) is 10.6. The number of nitrogens with one attached hydrogen (secondary N) is 1. The largest absolute Gasteiger partial charge is 0.308 e. The number of rotatable bonds is 7. The SMILES string of the molecule is CCC(CC)c1nnc(NC(=O)Cn2c(-c3ccc(C)cc3)csc2=O)s1. The lowest BCUT2D eigenvalue weighted by molar-refractivity contribution is -0.116. The van der Waals surface area contributed by atoms with Crippen molar-refractivity contribution >= 4 is 33.7 Å². The molecule has 0 atom stereocenters. The minimum atomic E-state index is -0.281. The fourth-order valence-electron chi connectivity index (χ4n) is 2.82. The minimum Gasteiger partial charge on any atom is -0.299 e. The summed E-state index contributed by atoms with van der Waals surface area (Å²) >= 11 is 2.49. The molecule has 0 fully saturated rings. The topological polar surface area (TPSA) is 76.9 Å². The molecule has 0 radical (unpaired) electrons. The fraction of sp³-hybridized carbons (Fsp3) is 0.368. The summed E-state index contributed by atoms with van der Waals surface area (Å²) < 4.78 is 1.49. The molecule has 0 saturated carbocycles. The molecule has 1 amide bonds. The van der Waals surface area contributed by atoms with E-state index in [9.17, 15) is 9.59 Å². The summed E-state index contributed by atoms with van der Waals surface area (Å²) in [5.41, 5.74) is 2.80. The molecule has 0 aliphatic carbocycles. The normalized spacial score (nSPS) is 11.1. The van der Waals surface area contributed by atoms with Crippen LogP contribution in [-0.4, -0.2) is 20.7 Å². The van der Waals surface area contributed by atoms with Gasteiger partial charge >= 0.3 is 4.87 Å². The first-order valence-electron chi connectivity index (χ1n) is 8.90. The summed E-state index contributed by atoms with van der Waals surface area (Å²) in [4.78, 5) is 24.5. The van der Waals surface area contributed by atoms with Crippen molar-refractivity contribution in [3.05, 3.63) is 49.9 Å². The van der Waals surface area contributed by atoms with Gasteiger partial charge < -0.3 is 0 Å². The molecular formula is C19H22N4O2S2. The van der Waals surface area contributed by atoms with E-state index in [1.807, 2.05) is 31.2 Å². The van der Waals surface area contributed by atoms with Crippen LogP contribution in [0.15, 0.2) is 34.4 Å². The number of benzene rings is 1. The van der Waals surface area contributed by atoms with Crippen molar-refractivity contribution in [2.24, 2.45) is 0 Å². The van der Waals surface area contributed by atoms with Gasteiger partial charge in [-0.05, 0) is 25.3 Å². The first kappa shape index (κ1) is 19.4. The zero-order chi connectivity index (χ0) is 19.4. The van der Waals surface area contributed by atoms with Gasteiger partial charge in [-0.3, -0.25) is 19.5 Å². The van der Waals surface area contributed by atoms with Gasteiger partial charge in [0.25, 0.3) is 0 Å². The molecule has 0 aliphatic heterocycles. The number of carbonyl (C=O) groups excluding carboxylic acids is 1. The zero-order valence-corrected chi connectivity index (χ0v) is 17.2. The smallest absolute Gasteiger partial charge is 0.299 e. The lowest BCUT2D eigenvalue weighted by atomic mass is 10.1. The molecule has 0 bridgehead atoms. The highest BCUT2D eigenvalue weighted by molar-refractivity contribution is 7.15. The van der Waals surface area contributed by atoms with E-state index in [0.717, 1.165) is 46.0 Å². The van der Waals surface area contributed by atoms with Crippen molar-refractivity contribution in [2.75, 3.05) is 5.32 Å². The molecule has 0 spiro atoms. The summed E-state index contributed by atoms with van der Waals surface area (Å²) in [5, 5.41) is 14.2. The Kier molecular flexibility index (Phi) is 6.18. The van der Waals surface area contributed by atoms with E-state index in [1.165, 1.54) is 15.9 Å². The third-order valence-corrected chi connectivity index (χ3v) is 6.22. The predicted octanol–water partition coefficient (Wildman–Crippen LogP) is 4.28. The van der Waals surface area contributed by atoms with Crippen LogP contribution in [-0.2, 0) is 11.3 Å². The van der Waals surface area contributed by atoms with Crippen molar-refractivity contribution in [3.63, 3.8) is 0 Å². The van der Waals surface area contributed by atoms with Crippen molar-refractivity contribution in [1.82, 2.24) is 14.8 Å². The van der Waals surface area contributed by atoms with E-state index in [-0.39, 0.29) is 17.3 Å². The maximum Gasteiger partial charge on any atom is 0.308 e. The lowest BCUT2D eigenvalue weighted by Crippen LogP contribution is -2.25. The fourth-order valence-corrected chi connectivity index (χ4v) is 4.61. The summed E-state index contributed by atoms with van der Waals surface area (Å²) in [6, 6.07) is 7.89. The average molecular weight is 403 g/mol. The molecule has 1 aromatic carbocycles. The molecule has 0 aliphatic rings. The molecule has 6 nitrogen and oxygen atoms in total. The maximum atomic E-state index is 12.5. The van der Waals surface area contributed by atoms with E-state index in [1.54, 1.807) is 5.38 Å². The Morgan fingerprint density at radius 3 is 2.56 bits per heavy atom. The van der Waals surface area contributed by atoms with Crippen LogP contribution < -0.4 is 10.2 Å². The summed E-state index contributed by atoms with van der Waals surface area (Å²) in [6.45, 7) is 6.19. The number of thiazole rings is 1. The van der Waals surface area contributed by atoms with Gasteiger partial charge in [0.05, 0.1) is 5.69 Å². The molecule has 142 valence electrons. The maximum absolute atomic E-state index is 12.5. The van der Waals surface area contributed by atoms with E-state index < -0.39 is 0 Å². The van der Waals surface area contributed by atoms with Gasteiger partial charge in [-0.15, -0.1) is 10.2 Å². The van der Waals surface area contributed by atoms with Crippen molar-refractivity contribution in [2.45, 2.75) is 46.1 Å². The number of amides is 1. The molecule has 0 saturated heterocycles. The summed E-state index contributed by atoms with van der Waals surface area (Å²) in [5.74, 6) is 0.0805. The second-order valence-corrected chi connectivity index (χ2v) is 8.18. The molecule has 3 aromatic rings. The van der Waals surface area contributed by atoms with Crippen LogP contribution in [0.5, 0.6) is 0 Å². The number of nitrogens with zero attached hydrogens (tertiary/aromatic N) is 3. The molecule has 1 N–H and O–H groups in total. The Bertz CT molecular complexity index is 968. The Morgan fingerprint density at radius 1 is 1.19 bits per heavy atom. The van der Waals surface area contributed by atoms with Crippen LogP contribution in [0, 0.1) is 6.92 Å². The van der Waals surface area contributed by atoms with Crippen LogP contribution in [0.4, 0.5) is 5.13 Å². The Hall–Kier alpha value is -2.32. The van der Waals surface area contributed by atoms with Crippen LogP contribution in [0.2, 0.25) is 0 Å². The highest BCUT2D eigenvalue weighted by Gasteiger charge is 2.16. The Balaban J connectivity index is 1.74. The molecule has 2 heterocycles. The summed E-state index contributed by atoms with van der Waals surface area (Å²) in [7, 11) is 0. The first-order chi connectivity index (χ1) is 13.0. The zero-order valence-electron chi connectivity index (χ0n) is 15.6. The van der Waals surface area contributed by atoms with Crippen LogP contribution in [0.25, 0.3) is 11.3 Å². The van der Waals surface area contributed by atoms with Crippen molar-refractivity contribution in [3.8, 4) is 11.3 Å². The second kappa shape index (κ2) is 8.58. The van der Waals surface area contributed by atoms with E-state index in [2.05, 4.69) is 29.4 Å². The molecule has 27 heavy (non-hydrogen) atoms. The van der Waals surface area contributed by atoms with Gasteiger partial charge in [-0.25, -0.2) is 0 Å². The molecule has 3 rings (SSSR count). The third-order valence-electron chi connectivity index (χ3n) is 4.45. The van der Waals surface area contributed by atoms with Gasteiger partial charge in [-0.2, -0.15) is 0 Å². The van der Waals surface area contributed by atoms with Gasteiger partial charge in [0.2, 0.25) is 11.0 Å². The van der Waals surface area contributed by atoms with Crippen molar-refractivity contribution < 1.29 is 4.79 Å². The predicted molar refractivity (Wildman–Crippen MR) is 111 cm³/mol. The molecule has 2 aromatic heterocycles. The summed E-state index contributed by atoms with van der Waals surface area (Å²) in [6.07, 6.45) is 1.98. The standard InChI is InChI=1S/C19H22N4O2S2/c1-4-13(5-2)17-21-22-18(27-17)20-16(24)10-23-15(11-26-19(23)25)14-8-6-12(3)7-9-14/h6-9,11,13H,4-5,10H2,1-3H3,(H,20,22,24). The third kappa shape index (κ3) is 4.51. The van der Waals surface area contributed by atoms with Gasteiger partial charge in [0.1, 0.15) is 11.6 Å². The highest BCUT2D eigenvalue weighted by atomic mass is 32.1. The minimum absolute atomic E-state index is 0.0502. The molecule has 8 heteroatoms. The lowest BCUT2D eigenvalue weighted by Gasteiger charge is -2.08. The van der Waals surface area contributed by atoms with Gasteiger partial charge in [-0.1, -0.05) is 66.3 Å². The monoisotopic (exact) mass is 402 g/mol. The molecule has 0 unspecified atom stereocenters. The number of aromatic nitrogens is 3. The van der Waals surface area contributed by atoms with E-state index in [0.29, 0.717) is 11.0 Å². The van der Waals surface area contributed by atoms with Gasteiger partial charge in [0.15, 0.2) is 0 Å². The quantitative estimate of drug-likeness (QED) is 0.640. The number of hydrogen-bond acceptors (Lipinski definition) is 6. The Labute approximate surface area is 165 Å². The number of carbonyl (C=O) groups is 1. The Morgan fingerprint density at radius 2 is 1.89 bits per heavy atom. The van der Waals surface area contributed by atoms with Crippen LogP contribution in [0.1, 0.15) is 43.2 Å². The van der Waals surface area contributed by atoms with Crippen molar-refractivity contribution in [1.29, 1.82) is 0 Å². The number of hydrogen-bond donors (Lipinski definition) is 1. The van der Waals surface area contributed by atoms with Gasteiger partial charge in [0, 0.05) is 11.3 Å². The van der Waals surface area contributed by atoms with Crippen LogP contribution >= 0.6 is 22.7 Å².